The predicted octanol–water partition coefficient (Wildman–Crippen LogP) is 4.18. The van der Waals surface area contributed by atoms with Crippen molar-refractivity contribution in [1.29, 1.82) is 0 Å². The van der Waals surface area contributed by atoms with E-state index in [4.69, 9.17) is 0 Å². The van der Waals surface area contributed by atoms with Crippen molar-refractivity contribution in [3.63, 3.8) is 0 Å². The van der Waals surface area contributed by atoms with Crippen LogP contribution in [0.3, 0.4) is 0 Å². The number of anilines is 1. The van der Waals surface area contributed by atoms with Crippen LogP contribution in [0.25, 0.3) is 0 Å². The molecule has 4 rings (SSSR count). The van der Waals surface area contributed by atoms with Crippen molar-refractivity contribution >= 4 is 23.5 Å². The van der Waals surface area contributed by atoms with Gasteiger partial charge < -0.3 is 19.4 Å². The Labute approximate surface area is 213 Å². The molecule has 0 aromatic heterocycles. The highest BCUT2D eigenvalue weighted by molar-refractivity contribution is 5.97. The fourth-order valence-electron chi connectivity index (χ4n) is 4.88. The summed E-state index contributed by atoms with van der Waals surface area (Å²) in [5, 5.41) is 0. The van der Waals surface area contributed by atoms with Gasteiger partial charge in [-0.25, -0.2) is 0 Å². The van der Waals surface area contributed by atoms with E-state index in [1.54, 1.807) is 35.2 Å². The molecule has 2 amide bonds. The minimum absolute atomic E-state index is 0.0349. The molecule has 2 saturated heterocycles. The highest BCUT2D eigenvalue weighted by Gasteiger charge is 2.54. The van der Waals surface area contributed by atoms with Crippen LogP contribution in [0.15, 0.2) is 48.5 Å². The van der Waals surface area contributed by atoms with Crippen molar-refractivity contribution in [2.24, 2.45) is 0 Å². The summed E-state index contributed by atoms with van der Waals surface area (Å²) in [6.45, 7) is -0.433. The highest BCUT2D eigenvalue weighted by Crippen LogP contribution is 2.41. The molecule has 0 atom stereocenters. The first-order valence-corrected chi connectivity index (χ1v) is 11.5. The molecule has 0 bridgehead atoms. The number of nitrogens with zero attached hydrogens (tertiary/aromatic N) is 3. The van der Waals surface area contributed by atoms with Crippen molar-refractivity contribution in [3.05, 3.63) is 65.2 Å². The Morgan fingerprint density at radius 3 is 1.97 bits per heavy atom. The second-order valence-electron chi connectivity index (χ2n) is 9.10. The van der Waals surface area contributed by atoms with Gasteiger partial charge in [0.15, 0.2) is 0 Å². The number of rotatable bonds is 4. The number of hydrogen-bond donors (Lipinski definition) is 0. The maximum absolute atomic E-state index is 13.5. The molecule has 2 heterocycles. The Morgan fingerprint density at radius 2 is 1.47 bits per heavy atom. The lowest BCUT2D eigenvalue weighted by atomic mass is 9.85. The summed E-state index contributed by atoms with van der Waals surface area (Å²) in [6, 6.07) is 9.62. The van der Waals surface area contributed by atoms with Gasteiger partial charge in [0.1, 0.15) is 12.1 Å². The molecule has 2 aromatic rings. The lowest BCUT2D eigenvalue weighted by Gasteiger charge is -2.43. The number of carbonyl (C=O) groups excluding carboxylic acids is 3. The maximum Gasteiger partial charge on any atom is 0.416 e. The number of ether oxygens (including phenoxy) is 1. The Morgan fingerprint density at radius 1 is 0.921 bits per heavy atom. The van der Waals surface area contributed by atoms with E-state index >= 15 is 0 Å². The zero-order valence-electron chi connectivity index (χ0n) is 20.1. The van der Waals surface area contributed by atoms with Crippen LogP contribution < -0.4 is 4.90 Å². The van der Waals surface area contributed by atoms with Gasteiger partial charge in [-0.2, -0.15) is 26.3 Å². The number of carbonyl (C=O) groups is 3. The molecule has 204 valence electrons. The van der Waals surface area contributed by atoms with Gasteiger partial charge in [0.2, 0.25) is 0 Å². The van der Waals surface area contributed by atoms with Crippen LogP contribution in [0.4, 0.5) is 32.0 Å². The summed E-state index contributed by atoms with van der Waals surface area (Å²) in [6.07, 6.45) is -10.1. The van der Waals surface area contributed by atoms with Crippen molar-refractivity contribution in [2.75, 3.05) is 38.3 Å². The number of halogens is 6. The van der Waals surface area contributed by atoms with Crippen LogP contribution in [0.5, 0.6) is 0 Å². The van der Waals surface area contributed by atoms with Gasteiger partial charge in [-0.3, -0.25) is 14.4 Å². The molecule has 0 radical (unpaired) electrons. The maximum atomic E-state index is 13.5. The van der Waals surface area contributed by atoms with Crippen LogP contribution in [0.1, 0.15) is 34.3 Å². The summed E-state index contributed by atoms with van der Waals surface area (Å²) in [4.78, 5) is 42.7. The first-order chi connectivity index (χ1) is 17.8. The molecule has 7 nitrogen and oxygen atoms in total. The highest BCUT2D eigenvalue weighted by atomic mass is 19.4. The Kier molecular flexibility index (Phi) is 7.06. The summed E-state index contributed by atoms with van der Waals surface area (Å²) in [5.41, 5.74) is -4.38. The van der Waals surface area contributed by atoms with Crippen LogP contribution in [-0.2, 0) is 26.7 Å². The number of benzene rings is 2. The minimum atomic E-state index is -5.09. The molecule has 0 aliphatic carbocycles. The summed E-state index contributed by atoms with van der Waals surface area (Å²) in [5.74, 6) is -2.00. The number of methoxy groups -OCH3 is 1. The number of likely N-dealkylation sites (tertiary alicyclic amines) is 1. The Balaban J connectivity index is 1.61. The third kappa shape index (κ3) is 5.14. The molecular weight excluding hydrogens is 520 g/mol. The topological polar surface area (TPSA) is 70.2 Å². The van der Waals surface area contributed by atoms with E-state index in [-0.39, 0.29) is 51.1 Å². The average Bonchev–Trinajstić information content (AvgIpc) is 3.14. The molecular formula is C25H23F6N3O4. The van der Waals surface area contributed by atoms with Crippen LogP contribution in [0.2, 0.25) is 0 Å². The monoisotopic (exact) mass is 543 g/mol. The second kappa shape index (κ2) is 9.84. The SMILES string of the molecule is COC(=O)CN1CN(c2ccccc2)C2(CCN(C(=O)c3cc(C(F)(F)F)cc(C(F)(F)F)c3)CC2)C1=O. The standard InChI is InChI=1S/C25H23F6N3O4/c1-38-20(35)14-33-15-34(19-5-3-2-4-6-19)23(22(33)37)7-9-32(10-8-23)21(36)16-11-17(24(26,27)28)13-18(12-16)25(29,30)31/h2-6,11-13H,7-10,14-15H2,1H3. The van der Waals surface area contributed by atoms with E-state index in [0.29, 0.717) is 17.8 Å². The fraction of sp³-hybridized carbons (Fsp3) is 0.400. The number of alkyl halides is 6. The third-order valence-corrected chi connectivity index (χ3v) is 6.84. The van der Waals surface area contributed by atoms with E-state index < -0.39 is 46.5 Å². The first kappa shape index (κ1) is 27.3. The fourth-order valence-corrected chi connectivity index (χ4v) is 4.88. The van der Waals surface area contributed by atoms with E-state index in [1.165, 1.54) is 12.0 Å². The van der Waals surface area contributed by atoms with Gasteiger partial charge in [-0.1, -0.05) is 18.2 Å². The largest absolute Gasteiger partial charge is 0.468 e. The van der Waals surface area contributed by atoms with Crippen LogP contribution >= 0.6 is 0 Å². The normalized spacial score (nSPS) is 17.8. The summed E-state index contributed by atoms with van der Waals surface area (Å²) < 4.78 is 84.3. The van der Waals surface area contributed by atoms with E-state index in [2.05, 4.69) is 4.74 Å². The quantitative estimate of drug-likeness (QED) is 0.428. The second-order valence-corrected chi connectivity index (χ2v) is 9.10. The molecule has 2 aromatic carbocycles. The van der Waals surface area contributed by atoms with Crippen molar-refractivity contribution in [3.8, 4) is 0 Å². The minimum Gasteiger partial charge on any atom is -0.468 e. The zero-order chi connectivity index (χ0) is 27.9. The van der Waals surface area contributed by atoms with Gasteiger partial charge in [0.25, 0.3) is 11.8 Å². The van der Waals surface area contributed by atoms with Gasteiger partial charge in [-0.15, -0.1) is 0 Å². The van der Waals surface area contributed by atoms with Crippen molar-refractivity contribution < 1.29 is 45.5 Å². The number of amides is 2. The van der Waals surface area contributed by atoms with Gasteiger partial charge in [0.05, 0.1) is 24.9 Å². The average molecular weight is 543 g/mol. The molecule has 38 heavy (non-hydrogen) atoms. The lowest BCUT2D eigenvalue weighted by Crippen LogP contribution is -2.57. The Hall–Kier alpha value is -3.77. The van der Waals surface area contributed by atoms with E-state index in [9.17, 15) is 40.7 Å². The van der Waals surface area contributed by atoms with Gasteiger partial charge >= 0.3 is 18.3 Å². The molecule has 0 unspecified atom stereocenters. The number of hydrogen-bond acceptors (Lipinski definition) is 5. The molecule has 0 N–H and O–H groups in total. The molecule has 2 aliphatic rings. The number of esters is 1. The predicted molar refractivity (Wildman–Crippen MR) is 122 cm³/mol. The zero-order valence-corrected chi connectivity index (χ0v) is 20.1. The van der Waals surface area contributed by atoms with E-state index in [0.717, 1.165) is 4.90 Å². The summed E-state index contributed by atoms with van der Waals surface area (Å²) in [7, 11) is 1.19. The van der Waals surface area contributed by atoms with E-state index in [1.807, 2.05) is 0 Å². The number of piperidine rings is 1. The van der Waals surface area contributed by atoms with Crippen molar-refractivity contribution in [2.45, 2.75) is 30.7 Å². The Bertz CT molecular complexity index is 1190. The van der Waals surface area contributed by atoms with Crippen LogP contribution in [0, 0.1) is 0 Å². The third-order valence-electron chi connectivity index (χ3n) is 6.84. The van der Waals surface area contributed by atoms with Gasteiger partial charge in [-0.05, 0) is 43.2 Å². The smallest absolute Gasteiger partial charge is 0.416 e. The molecule has 2 fully saturated rings. The van der Waals surface area contributed by atoms with Crippen LogP contribution in [-0.4, -0.2) is 66.5 Å². The van der Waals surface area contributed by atoms with Crippen molar-refractivity contribution in [1.82, 2.24) is 9.80 Å². The molecule has 0 saturated carbocycles. The number of para-hydroxylation sites is 1. The molecule has 13 heteroatoms. The molecule has 2 aliphatic heterocycles. The first-order valence-electron chi connectivity index (χ1n) is 11.5. The molecule has 1 spiro atoms. The van der Waals surface area contributed by atoms with Gasteiger partial charge in [0, 0.05) is 24.3 Å². The summed E-state index contributed by atoms with van der Waals surface area (Å²) >= 11 is 0. The lowest BCUT2D eigenvalue weighted by molar-refractivity contribution is -0.146.